The van der Waals surface area contributed by atoms with Crippen LogP contribution in [0, 0.1) is 11.3 Å². The number of carbonyl (C=O) groups is 1. The Bertz CT molecular complexity index is 337. The van der Waals surface area contributed by atoms with E-state index in [9.17, 15) is 4.79 Å². The Kier molecular flexibility index (Phi) is 2.46. The summed E-state index contributed by atoms with van der Waals surface area (Å²) in [4.78, 5) is 11.8. The van der Waals surface area contributed by atoms with E-state index in [4.69, 9.17) is 10.4 Å². The first-order chi connectivity index (χ1) is 5.65. The van der Waals surface area contributed by atoms with E-state index in [0.717, 1.165) is 4.88 Å². The quantitative estimate of drug-likeness (QED) is 0.756. The molecule has 3 nitrogen and oxygen atoms in total. The van der Waals surface area contributed by atoms with Gasteiger partial charge in [0.1, 0.15) is 10.9 Å². The number of rotatable bonds is 2. The maximum Gasteiger partial charge on any atom is 0.311 e. The monoisotopic (exact) mass is 181 g/mol. The minimum atomic E-state index is -0.860. The molecule has 0 saturated carbocycles. The Morgan fingerprint density at radius 1 is 1.75 bits per heavy atom. The topological polar surface area (TPSA) is 61.1 Å². The lowest BCUT2D eigenvalue weighted by atomic mass is 10.1. The highest BCUT2D eigenvalue weighted by molar-refractivity contribution is 7.12. The van der Waals surface area contributed by atoms with E-state index >= 15 is 0 Å². The molecule has 4 heteroatoms. The summed E-state index contributed by atoms with van der Waals surface area (Å²) in [5.74, 6) is -1.38. The molecule has 1 aromatic heterocycles. The fourth-order valence-corrected chi connectivity index (χ4v) is 1.62. The van der Waals surface area contributed by atoms with Gasteiger partial charge in [-0.1, -0.05) is 0 Å². The van der Waals surface area contributed by atoms with Gasteiger partial charge in [-0.15, -0.1) is 11.3 Å². The van der Waals surface area contributed by atoms with Crippen molar-refractivity contribution in [1.29, 1.82) is 5.26 Å². The zero-order valence-electron chi connectivity index (χ0n) is 6.44. The van der Waals surface area contributed by atoms with Gasteiger partial charge in [0.25, 0.3) is 0 Å². The summed E-state index contributed by atoms with van der Waals surface area (Å²) in [5, 5.41) is 17.1. The highest BCUT2D eigenvalue weighted by Gasteiger charge is 2.15. The van der Waals surface area contributed by atoms with Crippen molar-refractivity contribution in [3.05, 3.63) is 21.9 Å². The molecule has 0 amide bonds. The molecule has 0 aromatic carbocycles. The van der Waals surface area contributed by atoms with Gasteiger partial charge >= 0.3 is 5.97 Å². The van der Waals surface area contributed by atoms with Gasteiger partial charge in [0, 0.05) is 4.88 Å². The van der Waals surface area contributed by atoms with Crippen LogP contribution in [0.5, 0.6) is 0 Å². The number of hydrogen-bond donors (Lipinski definition) is 1. The Morgan fingerprint density at radius 3 is 2.83 bits per heavy atom. The van der Waals surface area contributed by atoms with E-state index in [2.05, 4.69) is 0 Å². The molecule has 0 spiro atoms. The maximum atomic E-state index is 10.5. The third-order valence-electron chi connectivity index (χ3n) is 1.53. The van der Waals surface area contributed by atoms with Crippen LogP contribution in [0.3, 0.4) is 0 Å². The normalized spacial score (nSPS) is 12.0. The minimum Gasteiger partial charge on any atom is -0.481 e. The fraction of sp³-hybridized carbons (Fsp3) is 0.250. The number of hydrogen-bond acceptors (Lipinski definition) is 3. The van der Waals surface area contributed by atoms with E-state index in [0.29, 0.717) is 4.88 Å². The second kappa shape index (κ2) is 3.37. The van der Waals surface area contributed by atoms with Crippen LogP contribution < -0.4 is 0 Å². The van der Waals surface area contributed by atoms with Gasteiger partial charge in [-0.3, -0.25) is 4.79 Å². The third kappa shape index (κ3) is 1.63. The number of thiophene rings is 1. The average molecular weight is 181 g/mol. The molecule has 12 heavy (non-hydrogen) atoms. The van der Waals surface area contributed by atoms with Crippen LogP contribution in [-0.4, -0.2) is 11.1 Å². The Morgan fingerprint density at radius 2 is 2.42 bits per heavy atom. The summed E-state index contributed by atoms with van der Waals surface area (Å²) in [6, 6.07) is 5.29. The zero-order chi connectivity index (χ0) is 9.14. The third-order valence-corrected chi connectivity index (χ3v) is 2.71. The van der Waals surface area contributed by atoms with Gasteiger partial charge in [-0.2, -0.15) is 5.26 Å². The maximum absolute atomic E-state index is 10.5. The molecule has 1 aromatic rings. The standard InChI is InChI=1S/C8H7NO2S/c1-5(8(10)11)7-3-2-6(4-9)12-7/h2-3,5H,1H3,(H,10,11). The lowest BCUT2D eigenvalue weighted by Crippen LogP contribution is -2.04. The molecule has 62 valence electrons. The summed E-state index contributed by atoms with van der Waals surface area (Å²) in [5.41, 5.74) is 0. The minimum absolute atomic E-state index is 0.517. The molecular formula is C8H7NO2S. The van der Waals surface area contributed by atoms with Crippen LogP contribution in [0.1, 0.15) is 22.6 Å². The van der Waals surface area contributed by atoms with Crippen molar-refractivity contribution in [2.45, 2.75) is 12.8 Å². The van der Waals surface area contributed by atoms with Crippen molar-refractivity contribution in [2.24, 2.45) is 0 Å². The highest BCUT2D eigenvalue weighted by atomic mass is 32.1. The van der Waals surface area contributed by atoms with Crippen molar-refractivity contribution in [1.82, 2.24) is 0 Å². The average Bonchev–Trinajstić information content (AvgIpc) is 2.50. The molecule has 0 radical (unpaired) electrons. The molecule has 1 heterocycles. The molecule has 0 bridgehead atoms. The Balaban J connectivity index is 2.90. The summed E-state index contributed by atoms with van der Waals surface area (Å²) in [6.07, 6.45) is 0. The van der Waals surface area contributed by atoms with Crippen LogP contribution in [-0.2, 0) is 4.79 Å². The van der Waals surface area contributed by atoms with Crippen LogP contribution in [0.4, 0.5) is 0 Å². The SMILES string of the molecule is CC(C(=O)O)c1ccc(C#N)s1. The number of aliphatic carboxylic acids is 1. The number of carboxylic acids is 1. The molecule has 1 N–H and O–H groups in total. The summed E-state index contributed by atoms with van der Waals surface area (Å²) >= 11 is 1.23. The predicted octanol–water partition coefficient (Wildman–Crippen LogP) is 1.81. The molecule has 0 aliphatic rings. The largest absolute Gasteiger partial charge is 0.481 e. The first-order valence-corrected chi connectivity index (χ1v) is 4.19. The number of nitriles is 1. The fourth-order valence-electron chi connectivity index (χ4n) is 0.767. The van der Waals surface area contributed by atoms with E-state index < -0.39 is 11.9 Å². The molecule has 0 fully saturated rings. The van der Waals surface area contributed by atoms with Gasteiger partial charge in [0.05, 0.1) is 5.92 Å². The first-order valence-electron chi connectivity index (χ1n) is 3.37. The van der Waals surface area contributed by atoms with Crippen molar-refractivity contribution < 1.29 is 9.90 Å². The summed E-state index contributed by atoms with van der Waals surface area (Å²) < 4.78 is 0. The molecule has 0 aliphatic carbocycles. The van der Waals surface area contributed by atoms with Gasteiger partial charge < -0.3 is 5.11 Å². The van der Waals surface area contributed by atoms with Crippen molar-refractivity contribution in [3.8, 4) is 6.07 Å². The van der Waals surface area contributed by atoms with Crippen LogP contribution in [0.15, 0.2) is 12.1 Å². The first kappa shape index (κ1) is 8.75. The van der Waals surface area contributed by atoms with Gasteiger partial charge in [0.2, 0.25) is 0 Å². The van der Waals surface area contributed by atoms with Crippen molar-refractivity contribution in [2.75, 3.05) is 0 Å². The van der Waals surface area contributed by atoms with Crippen molar-refractivity contribution in [3.63, 3.8) is 0 Å². The number of carboxylic acid groups (broad SMARTS) is 1. The highest BCUT2D eigenvalue weighted by Crippen LogP contribution is 2.24. The molecule has 0 aliphatic heterocycles. The number of nitrogens with zero attached hydrogens (tertiary/aromatic N) is 1. The molecule has 0 saturated heterocycles. The zero-order valence-corrected chi connectivity index (χ0v) is 7.26. The molecule has 1 atom stereocenters. The molecule has 1 rings (SSSR count). The van der Waals surface area contributed by atoms with Crippen LogP contribution >= 0.6 is 11.3 Å². The van der Waals surface area contributed by atoms with Crippen molar-refractivity contribution >= 4 is 17.3 Å². The molecule has 1 unspecified atom stereocenters. The summed E-state index contributed by atoms with van der Waals surface area (Å²) in [6.45, 7) is 1.61. The van der Waals surface area contributed by atoms with Gasteiger partial charge in [0.15, 0.2) is 0 Å². The van der Waals surface area contributed by atoms with Gasteiger partial charge in [-0.05, 0) is 19.1 Å². The van der Waals surface area contributed by atoms with E-state index in [1.54, 1.807) is 19.1 Å². The van der Waals surface area contributed by atoms with E-state index in [1.807, 2.05) is 6.07 Å². The Hall–Kier alpha value is -1.34. The smallest absolute Gasteiger partial charge is 0.311 e. The van der Waals surface area contributed by atoms with E-state index in [-0.39, 0.29) is 0 Å². The van der Waals surface area contributed by atoms with Crippen LogP contribution in [0.2, 0.25) is 0 Å². The second-order valence-electron chi connectivity index (χ2n) is 2.37. The van der Waals surface area contributed by atoms with Crippen LogP contribution in [0.25, 0.3) is 0 Å². The summed E-state index contributed by atoms with van der Waals surface area (Å²) in [7, 11) is 0. The van der Waals surface area contributed by atoms with Gasteiger partial charge in [-0.25, -0.2) is 0 Å². The lowest BCUT2D eigenvalue weighted by molar-refractivity contribution is -0.138. The Labute approximate surface area is 73.9 Å². The molecular weight excluding hydrogens is 174 g/mol. The lowest BCUT2D eigenvalue weighted by Gasteiger charge is -1.99. The second-order valence-corrected chi connectivity index (χ2v) is 3.49. The predicted molar refractivity (Wildman–Crippen MR) is 45.1 cm³/mol. The van der Waals surface area contributed by atoms with E-state index in [1.165, 1.54) is 11.3 Å².